The zero-order valence-corrected chi connectivity index (χ0v) is 7.51. The maximum atomic E-state index is 10.6. The SMILES string of the molecule is CCC(=O)OCCCCCC#N. The quantitative estimate of drug-likeness (QED) is 0.451. The van der Waals surface area contributed by atoms with Gasteiger partial charge in [0, 0.05) is 12.8 Å². The number of nitrogens with zero attached hydrogens (tertiary/aromatic N) is 1. The van der Waals surface area contributed by atoms with Crippen LogP contribution in [-0.2, 0) is 9.53 Å². The zero-order chi connectivity index (χ0) is 9.23. The van der Waals surface area contributed by atoms with Gasteiger partial charge in [0.15, 0.2) is 0 Å². The molecule has 0 N–H and O–H groups in total. The van der Waals surface area contributed by atoms with Gasteiger partial charge in [-0.15, -0.1) is 0 Å². The van der Waals surface area contributed by atoms with Gasteiger partial charge in [0.2, 0.25) is 0 Å². The molecule has 12 heavy (non-hydrogen) atoms. The maximum absolute atomic E-state index is 10.6. The van der Waals surface area contributed by atoms with Crippen molar-refractivity contribution < 1.29 is 9.53 Å². The van der Waals surface area contributed by atoms with Gasteiger partial charge in [-0.05, 0) is 19.3 Å². The van der Waals surface area contributed by atoms with E-state index in [4.69, 9.17) is 10.00 Å². The second-order valence-electron chi connectivity index (χ2n) is 2.54. The number of hydrogen-bond acceptors (Lipinski definition) is 3. The lowest BCUT2D eigenvalue weighted by atomic mass is 10.2. The van der Waals surface area contributed by atoms with E-state index in [2.05, 4.69) is 6.07 Å². The molecule has 0 aliphatic rings. The van der Waals surface area contributed by atoms with Gasteiger partial charge >= 0.3 is 5.97 Å². The topological polar surface area (TPSA) is 50.1 Å². The zero-order valence-electron chi connectivity index (χ0n) is 7.51. The lowest BCUT2D eigenvalue weighted by molar-refractivity contribution is -0.143. The number of rotatable bonds is 6. The van der Waals surface area contributed by atoms with Gasteiger partial charge in [0.05, 0.1) is 12.7 Å². The van der Waals surface area contributed by atoms with Crippen LogP contribution in [0.2, 0.25) is 0 Å². The minimum Gasteiger partial charge on any atom is -0.466 e. The minimum absolute atomic E-state index is 0.143. The molecule has 0 bridgehead atoms. The number of nitriles is 1. The summed E-state index contributed by atoms with van der Waals surface area (Å²) >= 11 is 0. The van der Waals surface area contributed by atoms with Crippen LogP contribution in [0, 0.1) is 11.3 Å². The third-order valence-corrected chi connectivity index (χ3v) is 1.48. The molecule has 0 amide bonds. The molecule has 0 radical (unpaired) electrons. The normalized spacial score (nSPS) is 9.00. The number of unbranched alkanes of at least 4 members (excludes halogenated alkanes) is 3. The molecule has 3 nitrogen and oxygen atoms in total. The summed E-state index contributed by atoms with van der Waals surface area (Å²) in [5.41, 5.74) is 0. The van der Waals surface area contributed by atoms with Crippen LogP contribution in [0.1, 0.15) is 39.0 Å². The molecule has 0 unspecified atom stereocenters. The van der Waals surface area contributed by atoms with Gasteiger partial charge in [0.1, 0.15) is 0 Å². The molecule has 0 aromatic carbocycles. The summed E-state index contributed by atoms with van der Waals surface area (Å²) in [5.74, 6) is -0.143. The maximum Gasteiger partial charge on any atom is 0.305 e. The van der Waals surface area contributed by atoms with Gasteiger partial charge in [-0.25, -0.2) is 0 Å². The van der Waals surface area contributed by atoms with Crippen LogP contribution < -0.4 is 0 Å². The van der Waals surface area contributed by atoms with Crippen molar-refractivity contribution in [2.45, 2.75) is 39.0 Å². The molecule has 0 fully saturated rings. The molecule has 3 heteroatoms. The van der Waals surface area contributed by atoms with Crippen molar-refractivity contribution in [3.8, 4) is 6.07 Å². The number of hydrogen-bond donors (Lipinski definition) is 0. The largest absolute Gasteiger partial charge is 0.466 e. The smallest absolute Gasteiger partial charge is 0.305 e. The molecule has 0 aromatic heterocycles. The van der Waals surface area contributed by atoms with E-state index >= 15 is 0 Å². The predicted octanol–water partition coefficient (Wildman–Crippen LogP) is 2.02. The van der Waals surface area contributed by atoms with Crippen LogP contribution in [-0.4, -0.2) is 12.6 Å². The molecule has 0 heterocycles. The molecule has 0 atom stereocenters. The summed E-state index contributed by atoms with van der Waals surface area (Å²) in [7, 11) is 0. The van der Waals surface area contributed by atoms with Crippen molar-refractivity contribution in [2.75, 3.05) is 6.61 Å². The van der Waals surface area contributed by atoms with Crippen molar-refractivity contribution >= 4 is 5.97 Å². The Kier molecular flexibility index (Phi) is 7.36. The average molecular weight is 169 g/mol. The Morgan fingerprint density at radius 1 is 1.42 bits per heavy atom. The van der Waals surface area contributed by atoms with Crippen molar-refractivity contribution in [2.24, 2.45) is 0 Å². The average Bonchev–Trinajstić information content (AvgIpc) is 2.10. The van der Waals surface area contributed by atoms with E-state index in [1.165, 1.54) is 0 Å². The molecule has 68 valence electrons. The minimum atomic E-state index is -0.143. The van der Waals surface area contributed by atoms with Crippen LogP contribution in [0.25, 0.3) is 0 Å². The van der Waals surface area contributed by atoms with Gasteiger partial charge < -0.3 is 4.74 Å². The van der Waals surface area contributed by atoms with E-state index in [1.807, 2.05) is 0 Å². The number of esters is 1. The first-order chi connectivity index (χ1) is 5.81. The Balaban J connectivity index is 3.01. The molecule has 0 aliphatic carbocycles. The fourth-order valence-corrected chi connectivity index (χ4v) is 0.771. The summed E-state index contributed by atoms with van der Waals surface area (Å²) < 4.78 is 4.85. The molecular weight excluding hydrogens is 154 g/mol. The van der Waals surface area contributed by atoms with Gasteiger partial charge in [-0.2, -0.15) is 5.26 Å². The fourth-order valence-electron chi connectivity index (χ4n) is 0.771. The van der Waals surface area contributed by atoms with Gasteiger partial charge in [-0.1, -0.05) is 6.92 Å². The van der Waals surface area contributed by atoms with Crippen LogP contribution in [0.5, 0.6) is 0 Å². The molecule has 0 saturated carbocycles. The van der Waals surface area contributed by atoms with Crippen LogP contribution in [0.3, 0.4) is 0 Å². The summed E-state index contributed by atoms with van der Waals surface area (Å²) in [6.07, 6.45) is 3.78. The summed E-state index contributed by atoms with van der Waals surface area (Å²) in [6.45, 7) is 2.27. The van der Waals surface area contributed by atoms with Gasteiger partial charge in [0.25, 0.3) is 0 Å². The molecule has 0 saturated heterocycles. The standard InChI is InChI=1S/C9H15NO2/c1-2-9(11)12-8-6-4-3-5-7-10/h2-6,8H2,1H3. The first kappa shape index (κ1) is 11.0. The van der Waals surface area contributed by atoms with Crippen LogP contribution in [0.4, 0.5) is 0 Å². The van der Waals surface area contributed by atoms with E-state index in [0.29, 0.717) is 19.4 Å². The van der Waals surface area contributed by atoms with Crippen LogP contribution in [0.15, 0.2) is 0 Å². The highest BCUT2D eigenvalue weighted by molar-refractivity contribution is 5.68. The molecule has 0 aromatic rings. The lowest BCUT2D eigenvalue weighted by Gasteiger charge is -2.01. The number of ether oxygens (including phenoxy) is 1. The second-order valence-corrected chi connectivity index (χ2v) is 2.54. The highest BCUT2D eigenvalue weighted by Gasteiger charge is 1.96. The van der Waals surface area contributed by atoms with Crippen molar-refractivity contribution in [3.63, 3.8) is 0 Å². The Bertz CT molecular complexity index is 160. The van der Waals surface area contributed by atoms with E-state index in [-0.39, 0.29) is 5.97 Å². The third-order valence-electron chi connectivity index (χ3n) is 1.48. The molecular formula is C9H15NO2. The van der Waals surface area contributed by atoms with Gasteiger partial charge in [-0.3, -0.25) is 4.79 Å². The molecule has 0 aliphatic heterocycles. The third kappa shape index (κ3) is 7.07. The van der Waals surface area contributed by atoms with Crippen molar-refractivity contribution in [3.05, 3.63) is 0 Å². The number of carbonyl (C=O) groups excluding carboxylic acids is 1. The Morgan fingerprint density at radius 2 is 2.17 bits per heavy atom. The van der Waals surface area contributed by atoms with Crippen molar-refractivity contribution in [1.29, 1.82) is 5.26 Å². The Hall–Kier alpha value is -1.04. The highest BCUT2D eigenvalue weighted by Crippen LogP contribution is 1.99. The monoisotopic (exact) mass is 169 g/mol. The first-order valence-electron chi connectivity index (χ1n) is 4.33. The van der Waals surface area contributed by atoms with E-state index in [9.17, 15) is 4.79 Å². The summed E-state index contributed by atoms with van der Waals surface area (Å²) in [5, 5.41) is 8.21. The lowest BCUT2D eigenvalue weighted by Crippen LogP contribution is -2.03. The Morgan fingerprint density at radius 3 is 2.75 bits per heavy atom. The fraction of sp³-hybridized carbons (Fsp3) is 0.778. The Labute approximate surface area is 73.3 Å². The number of carbonyl (C=O) groups is 1. The van der Waals surface area contributed by atoms with E-state index in [1.54, 1.807) is 6.92 Å². The predicted molar refractivity (Wildman–Crippen MR) is 45.3 cm³/mol. The van der Waals surface area contributed by atoms with Crippen molar-refractivity contribution in [1.82, 2.24) is 0 Å². The van der Waals surface area contributed by atoms with E-state index in [0.717, 1.165) is 19.3 Å². The molecule has 0 rings (SSSR count). The highest BCUT2D eigenvalue weighted by atomic mass is 16.5. The molecule has 0 spiro atoms. The summed E-state index contributed by atoms with van der Waals surface area (Å²) in [4.78, 5) is 10.6. The van der Waals surface area contributed by atoms with E-state index < -0.39 is 0 Å². The second kappa shape index (κ2) is 8.06. The van der Waals surface area contributed by atoms with Crippen LogP contribution >= 0.6 is 0 Å². The first-order valence-corrected chi connectivity index (χ1v) is 4.33. The summed E-state index contributed by atoms with van der Waals surface area (Å²) in [6, 6.07) is 2.07.